The molecule has 0 saturated carbocycles. The molecule has 0 spiro atoms. The van der Waals surface area contributed by atoms with Crippen molar-refractivity contribution in [2.45, 2.75) is 38.6 Å². The summed E-state index contributed by atoms with van der Waals surface area (Å²) in [5.41, 5.74) is 1.27. The number of esters is 1. The number of benzene rings is 1. The van der Waals surface area contributed by atoms with E-state index in [-0.39, 0.29) is 12.0 Å². The van der Waals surface area contributed by atoms with Crippen LogP contribution < -0.4 is 15.4 Å². The van der Waals surface area contributed by atoms with Gasteiger partial charge in [0, 0.05) is 26.6 Å². The minimum atomic E-state index is -0.152. The van der Waals surface area contributed by atoms with Crippen LogP contribution in [-0.4, -0.2) is 63.8 Å². The van der Waals surface area contributed by atoms with Crippen LogP contribution in [0.1, 0.15) is 44.2 Å². The summed E-state index contributed by atoms with van der Waals surface area (Å²) < 4.78 is 10.2. The maximum atomic E-state index is 11.4. The number of hydrogen-bond donors (Lipinski definition) is 2. The molecule has 1 fully saturated rings. The summed E-state index contributed by atoms with van der Waals surface area (Å²) in [4.78, 5) is 18.2. The van der Waals surface area contributed by atoms with Crippen molar-refractivity contribution in [1.29, 1.82) is 0 Å². The van der Waals surface area contributed by atoms with Crippen LogP contribution in [0.5, 0.6) is 5.75 Å². The van der Waals surface area contributed by atoms with Crippen LogP contribution in [0.4, 0.5) is 0 Å². The first-order valence-corrected chi connectivity index (χ1v) is 10.2. The van der Waals surface area contributed by atoms with Gasteiger partial charge < -0.3 is 20.1 Å². The molecule has 1 aliphatic heterocycles. The third-order valence-electron chi connectivity index (χ3n) is 4.92. The molecule has 1 atom stereocenters. The van der Waals surface area contributed by atoms with E-state index >= 15 is 0 Å². The fourth-order valence-electron chi connectivity index (χ4n) is 3.42. The number of carbonyl (C=O) groups is 1. The predicted octanol–water partition coefficient (Wildman–Crippen LogP) is 2.34. The van der Waals surface area contributed by atoms with E-state index in [0.717, 1.165) is 31.3 Å². The lowest BCUT2D eigenvalue weighted by molar-refractivity contribution is -0.143. The van der Waals surface area contributed by atoms with Gasteiger partial charge in [-0.1, -0.05) is 12.1 Å². The summed E-state index contributed by atoms with van der Waals surface area (Å²) in [6.07, 6.45) is 3.62. The SMILES string of the molecule is CCOC(=O)CCCNC(=NC)NCC(c1ccc(OC)cc1)N1CCCC1. The van der Waals surface area contributed by atoms with Crippen molar-refractivity contribution in [3.05, 3.63) is 29.8 Å². The summed E-state index contributed by atoms with van der Waals surface area (Å²) in [7, 11) is 3.45. The fourth-order valence-corrected chi connectivity index (χ4v) is 3.42. The smallest absolute Gasteiger partial charge is 0.305 e. The number of rotatable bonds is 10. The van der Waals surface area contributed by atoms with E-state index < -0.39 is 0 Å². The van der Waals surface area contributed by atoms with Gasteiger partial charge in [-0.25, -0.2) is 0 Å². The van der Waals surface area contributed by atoms with Gasteiger partial charge in [0.1, 0.15) is 5.75 Å². The van der Waals surface area contributed by atoms with Crippen molar-refractivity contribution >= 4 is 11.9 Å². The highest BCUT2D eigenvalue weighted by atomic mass is 16.5. The minimum absolute atomic E-state index is 0.152. The van der Waals surface area contributed by atoms with Crippen molar-refractivity contribution in [2.75, 3.05) is 46.9 Å². The number of guanidine groups is 1. The fraction of sp³-hybridized carbons (Fsp3) is 0.619. The van der Waals surface area contributed by atoms with Crippen molar-refractivity contribution in [2.24, 2.45) is 4.99 Å². The lowest BCUT2D eigenvalue weighted by Gasteiger charge is -2.29. The third kappa shape index (κ3) is 7.03. The number of nitrogens with one attached hydrogen (secondary N) is 2. The van der Waals surface area contributed by atoms with Crippen molar-refractivity contribution in [3.8, 4) is 5.75 Å². The van der Waals surface area contributed by atoms with Gasteiger partial charge in [0.25, 0.3) is 0 Å². The van der Waals surface area contributed by atoms with E-state index in [4.69, 9.17) is 9.47 Å². The summed E-state index contributed by atoms with van der Waals surface area (Å²) in [6.45, 7) is 5.92. The molecule has 0 radical (unpaired) electrons. The highest BCUT2D eigenvalue weighted by Gasteiger charge is 2.23. The normalized spacial score (nSPS) is 15.9. The Balaban J connectivity index is 1.87. The Morgan fingerprint density at radius 3 is 2.54 bits per heavy atom. The minimum Gasteiger partial charge on any atom is -0.497 e. The first kappa shape index (κ1) is 22.0. The Morgan fingerprint density at radius 2 is 1.93 bits per heavy atom. The Bertz CT molecular complexity index is 613. The lowest BCUT2D eigenvalue weighted by Crippen LogP contribution is -2.43. The molecule has 0 amide bonds. The zero-order valence-electron chi connectivity index (χ0n) is 17.4. The number of ether oxygens (including phenoxy) is 2. The summed E-state index contributed by atoms with van der Waals surface area (Å²) in [6, 6.07) is 8.59. The predicted molar refractivity (Wildman–Crippen MR) is 112 cm³/mol. The molecule has 0 aliphatic carbocycles. The maximum absolute atomic E-state index is 11.4. The molecule has 1 aliphatic rings. The lowest BCUT2D eigenvalue weighted by atomic mass is 10.1. The second-order valence-corrected chi connectivity index (χ2v) is 6.82. The highest BCUT2D eigenvalue weighted by Crippen LogP contribution is 2.26. The Labute approximate surface area is 168 Å². The van der Waals surface area contributed by atoms with Crippen LogP contribution in [0.3, 0.4) is 0 Å². The van der Waals surface area contributed by atoms with Gasteiger partial charge in [-0.2, -0.15) is 0 Å². The number of carbonyl (C=O) groups excluding carboxylic acids is 1. The summed E-state index contributed by atoms with van der Waals surface area (Å²) >= 11 is 0. The third-order valence-corrected chi connectivity index (χ3v) is 4.92. The van der Waals surface area contributed by atoms with E-state index in [0.29, 0.717) is 26.0 Å². The van der Waals surface area contributed by atoms with Crippen LogP contribution in [-0.2, 0) is 9.53 Å². The molecule has 2 N–H and O–H groups in total. The van der Waals surface area contributed by atoms with Crippen LogP contribution in [0.25, 0.3) is 0 Å². The van der Waals surface area contributed by atoms with E-state index in [9.17, 15) is 4.79 Å². The monoisotopic (exact) mass is 390 g/mol. The van der Waals surface area contributed by atoms with Crippen molar-refractivity contribution in [3.63, 3.8) is 0 Å². The quantitative estimate of drug-likeness (QED) is 0.276. The second-order valence-electron chi connectivity index (χ2n) is 6.82. The van der Waals surface area contributed by atoms with E-state index in [2.05, 4.69) is 32.7 Å². The van der Waals surface area contributed by atoms with Gasteiger partial charge in [0.05, 0.1) is 19.8 Å². The molecule has 1 aromatic carbocycles. The van der Waals surface area contributed by atoms with E-state index in [1.54, 1.807) is 14.2 Å². The van der Waals surface area contributed by atoms with Crippen LogP contribution in [0.2, 0.25) is 0 Å². The number of methoxy groups -OCH3 is 1. The first-order chi connectivity index (χ1) is 13.7. The molecule has 7 heteroatoms. The maximum Gasteiger partial charge on any atom is 0.305 e. The molecule has 0 aromatic heterocycles. The molecule has 2 rings (SSSR count). The average molecular weight is 391 g/mol. The molecule has 156 valence electrons. The Kier molecular flexibility index (Phi) is 9.62. The topological polar surface area (TPSA) is 75.2 Å². The molecule has 28 heavy (non-hydrogen) atoms. The molecule has 7 nitrogen and oxygen atoms in total. The molecule has 0 bridgehead atoms. The van der Waals surface area contributed by atoms with Gasteiger partial charge in [-0.3, -0.25) is 14.7 Å². The summed E-state index contributed by atoms with van der Waals surface area (Å²) in [5.74, 6) is 1.47. The van der Waals surface area contributed by atoms with Crippen LogP contribution in [0.15, 0.2) is 29.3 Å². The molecule has 1 heterocycles. The number of nitrogens with zero attached hydrogens (tertiary/aromatic N) is 2. The average Bonchev–Trinajstić information content (AvgIpc) is 3.25. The van der Waals surface area contributed by atoms with E-state index in [1.807, 2.05) is 19.1 Å². The highest BCUT2D eigenvalue weighted by molar-refractivity contribution is 5.79. The van der Waals surface area contributed by atoms with Crippen LogP contribution >= 0.6 is 0 Å². The molecular weight excluding hydrogens is 356 g/mol. The standard InChI is InChI=1S/C21H34N4O3/c1-4-28-20(26)8-7-13-23-21(22-2)24-16-19(25-14-5-6-15-25)17-9-11-18(27-3)12-10-17/h9-12,19H,4-8,13-16H2,1-3H3,(H2,22,23,24). The second kappa shape index (κ2) is 12.2. The van der Waals surface area contributed by atoms with Crippen molar-refractivity contribution in [1.82, 2.24) is 15.5 Å². The number of hydrogen-bond acceptors (Lipinski definition) is 5. The zero-order chi connectivity index (χ0) is 20.2. The van der Waals surface area contributed by atoms with Gasteiger partial charge >= 0.3 is 5.97 Å². The van der Waals surface area contributed by atoms with Gasteiger partial charge in [0.2, 0.25) is 0 Å². The molecule has 1 unspecified atom stereocenters. The van der Waals surface area contributed by atoms with Crippen LogP contribution in [0, 0.1) is 0 Å². The molecule has 1 saturated heterocycles. The number of aliphatic imine (C=N–C) groups is 1. The number of likely N-dealkylation sites (tertiary alicyclic amines) is 1. The summed E-state index contributed by atoms with van der Waals surface area (Å²) in [5, 5.41) is 6.71. The van der Waals surface area contributed by atoms with E-state index in [1.165, 1.54) is 18.4 Å². The Morgan fingerprint density at radius 1 is 1.21 bits per heavy atom. The molecular formula is C21H34N4O3. The van der Waals surface area contributed by atoms with Gasteiger partial charge in [-0.15, -0.1) is 0 Å². The van der Waals surface area contributed by atoms with Crippen molar-refractivity contribution < 1.29 is 14.3 Å². The Hall–Kier alpha value is -2.28. The first-order valence-electron chi connectivity index (χ1n) is 10.2. The largest absolute Gasteiger partial charge is 0.497 e. The van der Waals surface area contributed by atoms with Gasteiger partial charge in [0.15, 0.2) is 5.96 Å². The van der Waals surface area contributed by atoms with Gasteiger partial charge in [-0.05, 0) is 57.0 Å². The molecule has 1 aromatic rings. The zero-order valence-corrected chi connectivity index (χ0v) is 17.4.